The van der Waals surface area contributed by atoms with Crippen molar-refractivity contribution in [2.24, 2.45) is 5.92 Å². The second-order valence-electron chi connectivity index (χ2n) is 10.7. The first kappa shape index (κ1) is 26.6. The molecule has 198 valence electrons. The molecule has 2 N–H and O–H groups in total. The van der Waals surface area contributed by atoms with Crippen LogP contribution in [-0.4, -0.2) is 40.9 Å². The van der Waals surface area contributed by atoms with E-state index in [2.05, 4.69) is 5.32 Å². The van der Waals surface area contributed by atoms with Gasteiger partial charge < -0.3 is 20.1 Å². The summed E-state index contributed by atoms with van der Waals surface area (Å²) in [7, 11) is 0. The summed E-state index contributed by atoms with van der Waals surface area (Å²) in [6.07, 6.45) is 2.32. The van der Waals surface area contributed by atoms with Crippen molar-refractivity contribution in [3.05, 3.63) is 58.4 Å². The van der Waals surface area contributed by atoms with Gasteiger partial charge in [0.05, 0.1) is 12.5 Å². The van der Waals surface area contributed by atoms with Gasteiger partial charge in [0.1, 0.15) is 17.6 Å². The largest absolute Gasteiger partial charge is 0.494 e. The highest BCUT2D eigenvalue weighted by molar-refractivity contribution is 5.98. The summed E-state index contributed by atoms with van der Waals surface area (Å²) in [6.45, 7) is 8.31. The predicted octanol–water partition coefficient (Wildman–Crippen LogP) is 5.01. The Balaban J connectivity index is 1.63. The van der Waals surface area contributed by atoms with E-state index in [1.165, 1.54) is 11.0 Å². The topological polar surface area (TPSA) is 95.9 Å². The highest BCUT2D eigenvalue weighted by Gasteiger charge is 2.37. The summed E-state index contributed by atoms with van der Waals surface area (Å²) in [4.78, 5) is 39.6. The van der Waals surface area contributed by atoms with Crippen molar-refractivity contribution in [1.29, 1.82) is 0 Å². The zero-order valence-corrected chi connectivity index (χ0v) is 21.9. The summed E-state index contributed by atoms with van der Waals surface area (Å²) in [5.41, 5.74) is 3.30. The van der Waals surface area contributed by atoms with E-state index in [0.717, 1.165) is 24.0 Å². The van der Waals surface area contributed by atoms with Gasteiger partial charge in [-0.2, -0.15) is 0 Å². The Labute approximate surface area is 217 Å². The number of nitrogens with one attached hydrogen (secondary N) is 1. The Morgan fingerprint density at radius 1 is 1.19 bits per heavy atom. The van der Waals surface area contributed by atoms with E-state index in [-0.39, 0.29) is 30.0 Å². The van der Waals surface area contributed by atoms with Crippen LogP contribution in [0.3, 0.4) is 0 Å². The fourth-order valence-corrected chi connectivity index (χ4v) is 5.49. The van der Waals surface area contributed by atoms with Crippen LogP contribution in [0.4, 0.5) is 10.1 Å². The smallest absolute Gasteiger partial charge is 0.306 e. The summed E-state index contributed by atoms with van der Waals surface area (Å²) in [6, 6.07) is 7.74. The lowest BCUT2D eigenvalue weighted by molar-refractivity contribution is -0.143. The van der Waals surface area contributed by atoms with Crippen LogP contribution in [0.1, 0.15) is 75.3 Å². The summed E-state index contributed by atoms with van der Waals surface area (Å²) in [5.74, 6) is -1.98. The summed E-state index contributed by atoms with van der Waals surface area (Å²) in [5, 5.41) is 12.1. The van der Waals surface area contributed by atoms with Crippen LogP contribution in [0.25, 0.3) is 0 Å². The monoisotopic (exact) mass is 510 g/mol. The third-order valence-corrected chi connectivity index (χ3v) is 7.57. The Morgan fingerprint density at radius 3 is 2.65 bits per heavy atom. The number of carbonyl (C=O) groups is 3. The Morgan fingerprint density at radius 2 is 1.95 bits per heavy atom. The zero-order chi connectivity index (χ0) is 26.9. The Hall–Kier alpha value is -3.42. The number of carboxylic acids is 1. The highest BCUT2D eigenvalue weighted by Crippen LogP contribution is 2.41. The number of carbonyl (C=O) groups excluding carboxylic acids is 2. The molecule has 0 fully saturated rings. The molecule has 8 heteroatoms. The van der Waals surface area contributed by atoms with Crippen molar-refractivity contribution in [3.63, 3.8) is 0 Å². The van der Waals surface area contributed by atoms with Crippen LogP contribution in [-0.2, 0) is 32.6 Å². The number of amides is 2. The van der Waals surface area contributed by atoms with E-state index >= 15 is 4.39 Å². The second kappa shape index (κ2) is 10.5. The molecule has 0 radical (unpaired) electrons. The van der Waals surface area contributed by atoms with E-state index < -0.39 is 23.8 Å². The fraction of sp³-hybridized carbons (Fsp3) is 0.483. The Bertz CT molecular complexity index is 1230. The molecule has 0 unspecified atom stereocenters. The molecule has 2 amide bonds. The molecule has 7 nitrogen and oxygen atoms in total. The fourth-order valence-electron chi connectivity index (χ4n) is 5.49. The number of benzene rings is 2. The minimum absolute atomic E-state index is 0.0200. The zero-order valence-electron chi connectivity index (χ0n) is 21.9. The van der Waals surface area contributed by atoms with Gasteiger partial charge >= 0.3 is 5.97 Å². The standard InChI is InChI=1S/C29H35FN2O5/c1-5-37-21-7-8-22-18(15-21)11-13-32(24(33)9-6-17(2)28(35)36)26(22)27(34)31-20-14-19-10-12-29(3,4)25(19)23(30)16-20/h7-8,14-17,26H,5-6,9-13H2,1-4H3,(H,31,34)(H,35,36)/t17-,26-/m1/s1. The maximum atomic E-state index is 15.1. The number of halogens is 1. The number of ether oxygens (including phenoxy) is 1. The molecule has 1 heterocycles. The van der Waals surface area contributed by atoms with Gasteiger partial charge in [0.15, 0.2) is 0 Å². The molecule has 0 bridgehead atoms. The predicted molar refractivity (Wildman–Crippen MR) is 138 cm³/mol. The van der Waals surface area contributed by atoms with Gasteiger partial charge in [0.2, 0.25) is 5.91 Å². The molecule has 2 atom stereocenters. The van der Waals surface area contributed by atoms with E-state index in [1.54, 1.807) is 19.1 Å². The molecule has 1 aliphatic heterocycles. The van der Waals surface area contributed by atoms with Gasteiger partial charge in [-0.1, -0.05) is 26.8 Å². The van der Waals surface area contributed by atoms with Crippen LogP contribution in [0.5, 0.6) is 5.75 Å². The van der Waals surface area contributed by atoms with Crippen molar-refractivity contribution < 1.29 is 28.6 Å². The van der Waals surface area contributed by atoms with Crippen molar-refractivity contribution in [2.75, 3.05) is 18.5 Å². The average molecular weight is 511 g/mol. The molecule has 4 rings (SSSR count). The van der Waals surface area contributed by atoms with Crippen LogP contribution in [0.15, 0.2) is 30.3 Å². The van der Waals surface area contributed by atoms with Crippen LogP contribution < -0.4 is 10.1 Å². The molecule has 2 aromatic carbocycles. The van der Waals surface area contributed by atoms with Gasteiger partial charge in [-0.05, 0) is 84.5 Å². The number of rotatable bonds is 8. The van der Waals surface area contributed by atoms with Crippen molar-refractivity contribution in [1.82, 2.24) is 4.90 Å². The van der Waals surface area contributed by atoms with Crippen LogP contribution in [0.2, 0.25) is 0 Å². The van der Waals surface area contributed by atoms with Gasteiger partial charge in [0.25, 0.3) is 5.91 Å². The molecule has 0 spiro atoms. The number of anilines is 1. The van der Waals surface area contributed by atoms with Crippen molar-refractivity contribution in [3.8, 4) is 5.75 Å². The molecule has 0 aromatic heterocycles. The van der Waals surface area contributed by atoms with Crippen molar-refractivity contribution in [2.45, 2.75) is 71.3 Å². The van der Waals surface area contributed by atoms with Crippen molar-refractivity contribution >= 4 is 23.5 Å². The third-order valence-electron chi connectivity index (χ3n) is 7.57. The second-order valence-corrected chi connectivity index (χ2v) is 10.7. The molecular weight excluding hydrogens is 475 g/mol. The molecule has 0 saturated carbocycles. The number of aliphatic carboxylic acids is 1. The number of carboxylic acid groups (broad SMARTS) is 1. The first-order chi connectivity index (χ1) is 17.5. The molecule has 2 aromatic rings. The lowest BCUT2D eigenvalue weighted by atomic mass is 9.86. The summed E-state index contributed by atoms with van der Waals surface area (Å²) < 4.78 is 20.7. The first-order valence-corrected chi connectivity index (χ1v) is 12.9. The maximum absolute atomic E-state index is 15.1. The quantitative estimate of drug-likeness (QED) is 0.520. The number of hydrogen-bond acceptors (Lipinski definition) is 4. The van der Waals surface area contributed by atoms with Crippen LogP contribution >= 0.6 is 0 Å². The molecular formula is C29H35FN2O5. The normalized spacial score (nSPS) is 18.5. The third kappa shape index (κ3) is 5.48. The first-order valence-electron chi connectivity index (χ1n) is 12.9. The minimum atomic E-state index is -0.962. The van der Waals surface area contributed by atoms with E-state index in [0.29, 0.717) is 42.1 Å². The van der Waals surface area contributed by atoms with Gasteiger partial charge in [-0.15, -0.1) is 0 Å². The number of nitrogens with zero attached hydrogens (tertiary/aromatic N) is 1. The van der Waals surface area contributed by atoms with Crippen LogP contribution in [0, 0.1) is 11.7 Å². The Kier molecular flexibility index (Phi) is 7.57. The summed E-state index contributed by atoms with van der Waals surface area (Å²) >= 11 is 0. The number of hydrogen-bond donors (Lipinski definition) is 2. The van der Waals surface area contributed by atoms with E-state index in [1.807, 2.05) is 32.9 Å². The lowest BCUT2D eigenvalue weighted by Gasteiger charge is -2.37. The minimum Gasteiger partial charge on any atom is -0.494 e. The lowest BCUT2D eigenvalue weighted by Crippen LogP contribution is -2.45. The SMILES string of the molecule is CCOc1ccc2c(c1)CCN(C(=O)CC[C@@H](C)C(=O)O)[C@H]2C(=O)Nc1cc(F)c2c(c1)CCC2(C)C. The van der Waals surface area contributed by atoms with Gasteiger partial charge in [0, 0.05) is 18.7 Å². The molecule has 37 heavy (non-hydrogen) atoms. The highest BCUT2D eigenvalue weighted by atomic mass is 19.1. The molecule has 0 saturated heterocycles. The molecule has 2 aliphatic rings. The van der Waals surface area contributed by atoms with E-state index in [4.69, 9.17) is 4.74 Å². The number of fused-ring (bicyclic) bond motifs is 2. The molecule has 1 aliphatic carbocycles. The maximum Gasteiger partial charge on any atom is 0.306 e. The average Bonchev–Trinajstić information content (AvgIpc) is 3.16. The van der Waals surface area contributed by atoms with Gasteiger partial charge in [-0.25, -0.2) is 4.39 Å². The number of aryl methyl sites for hydroxylation is 1. The van der Waals surface area contributed by atoms with E-state index in [9.17, 15) is 19.5 Å². The van der Waals surface area contributed by atoms with Gasteiger partial charge in [-0.3, -0.25) is 14.4 Å².